The molecule has 5 heteroatoms. The molecule has 2 aliphatic rings. The molecule has 0 saturated carbocycles. The molecule has 3 rings (SSSR count). The van der Waals surface area contributed by atoms with E-state index < -0.39 is 5.79 Å². The molecular weight excluding hydrogens is 246 g/mol. The van der Waals surface area contributed by atoms with Gasteiger partial charge in [0, 0.05) is 25.9 Å². The topological polar surface area (TPSA) is 51.9 Å². The van der Waals surface area contributed by atoms with Crippen molar-refractivity contribution in [2.24, 2.45) is 0 Å². The van der Waals surface area contributed by atoms with Gasteiger partial charge in [-0.25, -0.2) is 0 Å². The highest BCUT2D eigenvalue weighted by Gasteiger charge is 2.41. The summed E-state index contributed by atoms with van der Waals surface area (Å²) in [5.41, 5.74) is 1.01. The predicted molar refractivity (Wildman–Crippen MR) is 68.0 cm³/mol. The molecule has 1 aromatic heterocycles. The maximum absolute atomic E-state index is 12.3. The van der Waals surface area contributed by atoms with Crippen molar-refractivity contribution >= 4 is 5.91 Å². The molecule has 2 saturated heterocycles. The van der Waals surface area contributed by atoms with E-state index in [1.165, 1.54) is 0 Å². The first-order chi connectivity index (χ1) is 9.10. The van der Waals surface area contributed by atoms with Crippen LogP contribution in [0.15, 0.2) is 10.5 Å². The van der Waals surface area contributed by atoms with Crippen LogP contribution in [0.2, 0.25) is 0 Å². The maximum atomic E-state index is 12.3. The fourth-order valence-electron chi connectivity index (χ4n) is 2.67. The van der Waals surface area contributed by atoms with Gasteiger partial charge in [0.25, 0.3) is 5.91 Å². The SMILES string of the molecule is Cc1cc(C(=O)N2CCC3(CC2)OCCO3)oc1C. The average molecular weight is 265 g/mol. The number of hydrogen-bond acceptors (Lipinski definition) is 4. The molecule has 2 fully saturated rings. The van der Waals surface area contributed by atoms with Gasteiger partial charge in [-0.15, -0.1) is 0 Å². The van der Waals surface area contributed by atoms with Gasteiger partial charge in [0.1, 0.15) is 5.76 Å². The molecule has 0 aliphatic carbocycles. The van der Waals surface area contributed by atoms with E-state index >= 15 is 0 Å². The van der Waals surface area contributed by atoms with Crippen molar-refractivity contribution in [1.29, 1.82) is 0 Å². The number of ether oxygens (including phenoxy) is 2. The minimum absolute atomic E-state index is 0.0379. The first-order valence-electron chi connectivity index (χ1n) is 6.74. The standard InChI is InChI=1S/C14H19NO4/c1-10-9-12(19-11(10)2)13(16)15-5-3-14(4-6-15)17-7-8-18-14/h9H,3-8H2,1-2H3. The second kappa shape index (κ2) is 4.65. The summed E-state index contributed by atoms with van der Waals surface area (Å²) >= 11 is 0. The summed E-state index contributed by atoms with van der Waals surface area (Å²) in [5.74, 6) is 0.758. The highest BCUT2D eigenvalue weighted by atomic mass is 16.7. The van der Waals surface area contributed by atoms with Crippen LogP contribution < -0.4 is 0 Å². The van der Waals surface area contributed by atoms with E-state index in [-0.39, 0.29) is 5.91 Å². The van der Waals surface area contributed by atoms with Gasteiger partial charge in [-0.2, -0.15) is 0 Å². The van der Waals surface area contributed by atoms with Crippen LogP contribution in [0.25, 0.3) is 0 Å². The number of nitrogens with zero attached hydrogens (tertiary/aromatic N) is 1. The van der Waals surface area contributed by atoms with Crippen LogP contribution in [0, 0.1) is 13.8 Å². The number of hydrogen-bond donors (Lipinski definition) is 0. The minimum atomic E-state index is -0.439. The summed E-state index contributed by atoms with van der Waals surface area (Å²) in [6.45, 7) is 6.43. The van der Waals surface area contributed by atoms with Gasteiger partial charge in [-0.1, -0.05) is 0 Å². The Hall–Kier alpha value is -1.33. The van der Waals surface area contributed by atoms with Crippen molar-refractivity contribution in [3.05, 3.63) is 23.2 Å². The molecule has 1 spiro atoms. The van der Waals surface area contributed by atoms with E-state index in [0.717, 1.165) is 24.2 Å². The third-order valence-electron chi connectivity index (χ3n) is 4.00. The number of carbonyl (C=O) groups is 1. The lowest BCUT2D eigenvalue weighted by atomic mass is 10.0. The van der Waals surface area contributed by atoms with Gasteiger partial charge in [0.05, 0.1) is 13.2 Å². The Morgan fingerprint density at radius 3 is 2.37 bits per heavy atom. The summed E-state index contributed by atoms with van der Waals surface area (Å²) in [5, 5.41) is 0. The highest BCUT2D eigenvalue weighted by Crippen LogP contribution is 2.31. The van der Waals surface area contributed by atoms with Crippen LogP contribution >= 0.6 is 0 Å². The molecule has 1 aromatic rings. The molecular formula is C14H19NO4. The van der Waals surface area contributed by atoms with Crippen molar-refractivity contribution in [1.82, 2.24) is 4.90 Å². The van der Waals surface area contributed by atoms with Gasteiger partial charge < -0.3 is 18.8 Å². The van der Waals surface area contributed by atoms with Crippen LogP contribution in [0.3, 0.4) is 0 Å². The first kappa shape index (κ1) is 12.7. The van der Waals surface area contributed by atoms with Crippen LogP contribution in [-0.4, -0.2) is 42.9 Å². The number of piperidine rings is 1. The van der Waals surface area contributed by atoms with Crippen molar-refractivity contribution in [2.45, 2.75) is 32.5 Å². The third kappa shape index (κ3) is 2.28. The summed E-state index contributed by atoms with van der Waals surface area (Å²) in [4.78, 5) is 14.1. The molecule has 104 valence electrons. The van der Waals surface area contributed by atoms with Crippen LogP contribution in [0.1, 0.15) is 34.7 Å². The van der Waals surface area contributed by atoms with Crippen molar-refractivity contribution in [2.75, 3.05) is 26.3 Å². The Bertz CT molecular complexity index is 458. The molecule has 3 heterocycles. The number of likely N-dealkylation sites (tertiary alicyclic amines) is 1. The molecule has 5 nitrogen and oxygen atoms in total. The van der Waals surface area contributed by atoms with Crippen molar-refractivity contribution in [3.63, 3.8) is 0 Å². The highest BCUT2D eigenvalue weighted by molar-refractivity contribution is 5.91. The Morgan fingerprint density at radius 1 is 1.21 bits per heavy atom. The number of amides is 1. The lowest BCUT2D eigenvalue weighted by molar-refractivity contribution is -0.181. The quantitative estimate of drug-likeness (QED) is 0.778. The van der Waals surface area contributed by atoms with Crippen LogP contribution in [-0.2, 0) is 9.47 Å². The van der Waals surface area contributed by atoms with E-state index in [1.54, 1.807) is 0 Å². The zero-order valence-electron chi connectivity index (χ0n) is 11.4. The molecule has 0 N–H and O–H groups in total. The zero-order valence-corrected chi connectivity index (χ0v) is 11.4. The van der Waals surface area contributed by atoms with E-state index in [2.05, 4.69) is 0 Å². The summed E-state index contributed by atoms with van der Waals surface area (Å²) in [7, 11) is 0. The Labute approximate surface area is 112 Å². The molecule has 1 amide bonds. The molecule has 19 heavy (non-hydrogen) atoms. The number of aryl methyl sites for hydroxylation is 2. The second-order valence-electron chi connectivity index (χ2n) is 5.25. The summed E-state index contributed by atoms with van der Waals surface area (Å²) in [6, 6.07) is 1.81. The Balaban J connectivity index is 1.66. The van der Waals surface area contributed by atoms with E-state index in [4.69, 9.17) is 13.9 Å². The van der Waals surface area contributed by atoms with Gasteiger partial charge in [0.15, 0.2) is 11.5 Å². The number of furan rings is 1. The van der Waals surface area contributed by atoms with Gasteiger partial charge in [0.2, 0.25) is 0 Å². The molecule has 0 aromatic carbocycles. The summed E-state index contributed by atoms with van der Waals surface area (Å²) in [6.07, 6.45) is 1.47. The fraction of sp³-hybridized carbons (Fsp3) is 0.643. The van der Waals surface area contributed by atoms with Crippen LogP contribution in [0.5, 0.6) is 0 Å². The molecule has 0 unspecified atom stereocenters. The minimum Gasteiger partial charge on any atom is -0.456 e. The fourth-order valence-corrected chi connectivity index (χ4v) is 2.67. The van der Waals surface area contributed by atoms with E-state index in [0.29, 0.717) is 32.1 Å². The molecule has 0 bridgehead atoms. The van der Waals surface area contributed by atoms with E-state index in [1.807, 2.05) is 24.8 Å². The normalized spacial score (nSPS) is 22.1. The maximum Gasteiger partial charge on any atom is 0.289 e. The van der Waals surface area contributed by atoms with E-state index in [9.17, 15) is 4.79 Å². The van der Waals surface area contributed by atoms with Gasteiger partial charge in [-0.05, 0) is 25.5 Å². The number of carbonyl (C=O) groups excluding carboxylic acids is 1. The molecule has 0 radical (unpaired) electrons. The average Bonchev–Trinajstić information content (AvgIpc) is 2.98. The zero-order chi connectivity index (χ0) is 13.5. The molecule has 0 atom stereocenters. The van der Waals surface area contributed by atoms with Crippen molar-refractivity contribution in [3.8, 4) is 0 Å². The largest absolute Gasteiger partial charge is 0.456 e. The lowest BCUT2D eigenvalue weighted by Crippen LogP contribution is -2.47. The lowest BCUT2D eigenvalue weighted by Gasteiger charge is -2.37. The molecule has 2 aliphatic heterocycles. The Morgan fingerprint density at radius 2 is 1.84 bits per heavy atom. The summed E-state index contributed by atoms with van der Waals surface area (Å²) < 4.78 is 16.8. The van der Waals surface area contributed by atoms with Gasteiger partial charge >= 0.3 is 0 Å². The Kier molecular flexibility index (Phi) is 3.11. The predicted octanol–water partition coefficient (Wildman–Crippen LogP) is 1.88. The van der Waals surface area contributed by atoms with Gasteiger partial charge in [-0.3, -0.25) is 4.79 Å². The first-order valence-corrected chi connectivity index (χ1v) is 6.74. The number of rotatable bonds is 1. The second-order valence-corrected chi connectivity index (χ2v) is 5.25. The smallest absolute Gasteiger partial charge is 0.289 e. The monoisotopic (exact) mass is 265 g/mol. The third-order valence-corrected chi connectivity index (χ3v) is 4.00. The van der Waals surface area contributed by atoms with Crippen LogP contribution in [0.4, 0.5) is 0 Å². The van der Waals surface area contributed by atoms with Crippen molar-refractivity contribution < 1.29 is 18.7 Å².